The van der Waals surface area contributed by atoms with Crippen molar-refractivity contribution in [2.45, 2.75) is 17.1 Å². The van der Waals surface area contributed by atoms with Gasteiger partial charge in [-0.25, -0.2) is 0 Å². The van der Waals surface area contributed by atoms with E-state index in [0.29, 0.717) is 12.8 Å². The Morgan fingerprint density at radius 3 is 2.38 bits per heavy atom. The minimum absolute atomic E-state index is 0.00241. The molecule has 48 valence electrons. The summed E-state index contributed by atoms with van der Waals surface area (Å²) in [5.74, 6) is 0. The maximum absolute atomic E-state index is 10.2. The summed E-state index contributed by atoms with van der Waals surface area (Å²) in [5.41, 5.74) is 0. The Bertz CT molecular complexity index is 84.1. The SMILES string of the molecule is O=C(Br)CCC(Cl)Br. The zero-order valence-corrected chi connectivity index (χ0v) is 7.96. The maximum atomic E-state index is 10.2. The molecule has 0 aliphatic rings. The molecule has 0 heterocycles. The van der Waals surface area contributed by atoms with Gasteiger partial charge < -0.3 is 0 Å². The first-order valence-corrected chi connectivity index (χ1v) is 4.24. The smallest absolute Gasteiger partial charge is 0.197 e. The van der Waals surface area contributed by atoms with Crippen LogP contribution in [0.2, 0.25) is 0 Å². The van der Waals surface area contributed by atoms with E-state index in [9.17, 15) is 4.79 Å². The summed E-state index contributed by atoms with van der Waals surface area (Å²) in [7, 11) is 0. The molecule has 0 amide bonds. The lowest BCUT2D eigenvalue weighted by molar-refractivity contribution is -0.110. The molecule has 0 saturated carbocycles. The van der Waals surface area contributed by atoms with Crippen LogP contribution in [-0.2, 0) is 4.79 Å². The standard InChI is InChI=1S/C4H5Br2ClO/c5-3(7)1-2-4(6)8/h3H,1-2H2. The summed E-state index contributed by atoms with van der Waals surface area (Å²) in [5, 5.41) is 0. The van der Waals surface area contributed by atoms with Crippen molar-refractivity contribution in [3.8, 4) is 0 Å². The topological polar surface area (TPSA) is 17.1 Å². The zero-order chi connectivity index (χ0) is 6.57. The van der Waals surface area contributed by atoms with Gasteiger partial charge in [0.15, 0.2) is 4.69 Å². The molecular weight excluding hydrogens is 259 g/mol. The van der Waals surface area contributed by atoms with E-state index < -0.39 is 0 Å². The molecule has 0 aliphatic carbocycles. The summed E-state index contributed by atoms with van der Waals surface area (Å²) in [6.07, 6.45) is 1.16. The number of halogens is 3. The van der Waals surface area contributed by atoms with E-state index in [1.165, 1.54) is 0 Å². The fourth-order valence-electron chi connectivity index (χ4n) is 0.223. The highest BCUT2D eigenvalue weighted by atomic mass is 79.9. The number of carbonyl (C=O) groups is 1. The van der Waals surface area contributed by atoms with Crippen molar-refractivity contribution >= 4 is 48.2 Å². The maximum Gasteiger partial charge on any atom is 0.197 e. The highest BCUT2D eigenvalue weighted by molar-refractivity contribution is 9.18. The molecule has 1 nitrogen and oxygen atoms in total. The minimum atomic E-state index is -0.0796. The normalized spacial score (nSPS) is 13.4. The Morgan fingerprint density at radius 1 is 1.75 bits per heavy atom. The number of carbonyl (C=O) groups excluding carboxylic acids is 1. The fraction of sp³-hybridized carbons (Fsp3) is 0.750. The first kappa shape index (κ1) is 8.92. The molecule has 0 fully saturated rings. The van der Waals surface area contributed by atoms with Gasteiger partial charge in [0.2, 0.25) is 0 Å². The van der Waals surface area contributed by atoms with E-state index in [0.717, 1.165) is 0 Å². The van der Waals surface area contributed by atoms with Crippen molar-refractivity contribution in [1.29, 1.82) is 0 Å². The van der Waals surface area contributed by atoms with Crippen molar-refractivity contribution in [1.82, 2.24) is 0 Å². The Labute approximate surface area is 70.0 Å². The van der Waals surface area contributed by atoms with Crippen LogP contribution in [0.3, 0.4) is 0 Å². The minimum Gasteiger partial charge on any atom is -0.287 e. The molecule has 0 aromatic carbocycles. The average molecular weight is 264 g/mol. The summed E-state index contributed by atoms with van der Waals surface area (Å²) >= 11 is 11.3. The van der Waals surface area contributed by atoms with Crippen LogP contribution in [0.25, 0.3) is 0 Å². The second-order valence-corrected chi connectivity index (χ2v) is 4.33. The van der Waals surface area contributed by atoms with Crippen molar-refractivity contribution in [2.24, 2.45) is 0 Å². The molecule has 0 spiro atoms. The molecule has 1 unspecified atom stereocenters. The van der Waals surface area contributed by atoms with E-state index in [1.807, 2.05) is 0 Å². The molecule has 8 heavy (non-hydrogen) atoms. The van der Waals surface area contributed by atoms with Crippen LogP contribution in [0.15, 0.2) is 0 Å². The van der Waals surface area contributed by atoms with Crippen LogP contribution in [0.5, 0.6) is 0 Å². The van der Waals surface area contributed by atoms with E-state index in [1.54, 1.807) is 0 Å². The highest BCUT2D eigenvalue weighted by Gasteiger charge is 2.00. The third-order valence-corrected chi connectivity index (χ3v) is 1.63. The van der Waals surface area contributed by atoms with Gasteiger partial charge in [0, 0.05) is 6.42 Å². The van der Waals surface area contributed by atoms with Crippen molar-refractivity contribution in [3.05, 3.63) is 0 Å². The molecule has 0 aromatic heterocycles. The van der Waals surface area contributed by atoms with Crippen molar-refractivity contribution < 1.29 is 4.79 Å². The lowest BCUT2D eigenvalue weighted by Gasteiger charge is -1.93. The number of hydrogen-bond donors (Lipinski definition) is 0. The van der Waals surface area contributed by atoms with E-state index >= 15 is 0 Å². The summed E-state index contributed by atoms with van der Waals surface area (Å²) < 4.78 is -0.0772. The fourth-order valence-corrected chi connectivity index (χ4v) is 0.790. The van der Waals surface area contributed by atoms with Gasteiger partial charge in [0.25, 0.3) is 0 Å². The summed E-state index contributed by atoms with van der Waals surface area (Å²) in [4.78, 5) is 10.2. The number of hydrogen-bond acceptors (Lipinski definition) is 1. The van der Waals surface area contributed by atoms with Crippen LogP contribution in [0.4, 0.5) is 0 Å². The number of alkyl halides is 2. The highest BCUT2D eigenvalue weighted by Crippen LogP contribution is 2.13. The molecule has 0 bridgehead atoms. The van der Waals surface area contributed by atoms with Gasteiger partial charge in [-0.15, -0.1) is 11.6 Å². The van der Waals surface area contributed by atoms with E-state index in [2.05, 4.69) is 31.9 Å². The van der Waals surface area contributed by atoms with E-state index in [-0.39, 0.29) is 8.98 Å². The first-order chi connectivity index (χ1) is 3.63. The van der Waals surface area contributed by atoms with Gasteiger partial charge >= 0.3 is 0 Å². The average Bonchev–Trinajstić information content (AvgIpc) is 1.61. The van der Waals surface area contributed by atoms with Crippen molar-refractivity contribution in [2.75, 3.05) is 0 Å². The second-order valence-electron chi connectivity index (χ2n) is 1.28. The summed E-state index contributed by atoms with van der Waals surface area (Å²) in [6.45, 7) is 0. The molecule has 0 N–H and O–H groups in total. The van der Waals surface area contributed by atoms with Gasteiger partial charge in [-0.1, -0.05) is 15.9 Å². The quantitative estimate of drug-likeness (QED) is 0.566. The van der Waals surface area contributed by atoms with Crippen LogP contribution in [0, 0.1) is 0 Å². The Kier molecular flexibility index (Phi) is 5.31. The second kappa shape index (κ2) is 4.77. The molecular formula is C4H5Br2ClO. The largest absolute Gasteiger partial charge is 0.287 e. The number of rotatable bonds is 3. The van der Waals surface area contributed by atoms with Crippen LogP contribution >= 0.6 is 43.5 Å². The van der Waals surface area contributed by atoms with Crippen LogP contribution < -0.4 is 0 Å². The Balaban J connectivity index is 3.05. The van der Waals surface area contributed by atoms with E-state index in [4.69, 9.17) is 11.6 Å². The monoisotopic (exact) mass is 262 g/mol. The summed E-state index contributed by atoms with van der Waals surface area (Å²) in [6, 6.07) is 0. The van der Waals surface area contributed by atoms with Gasteiger partial charge in [-0.05, 0) is 22.4 Å². The molecule has 0 aromatic rings. The Hall–Kier alpha value is 0.920. The zero-order valence-electron chi connectivity index (χ0n) is 4.03. The Morgan fingerprint density at radius 2 is 2.25 bits per heavy atom. The van der Waals surface area contributed by atoms with Gasteiger partial charge in [0.1, 0.15) is 0 Å². The molecule has 0 rings (SSSR count). The van der Waals surface area contributed by atoms with Crippen molar-refractivity contribution in [3.63, 3.8) is 0 Å². The lowest BCUT2D eigenvalue weighted by Crippen LogP contribution is -1.90. The van der Waals surface area contributed by atoms with Crippen LogP contribution in [-0.4, -0.2) is 8.98 Å². The van der Waals surface area contributed by atoms with Crippen LogP contribution in [0.1, 0.15) is 12.8 Å². The third kappa shape index (κ3) is 6.92. The van der Waals surface area contributed by atoms with Gasteiger partial charge in [-0.3, -0.25) is 4.79 Å². The predicted octanol–water partition coefficient (Wildman–Crippen LogP) is 2.65. The molecule has 0 aliphatic heterocycles. The van der Waals surface area contributed by atoms with Gasteiger partial charge in [0.05, 0.1) is 4.29 Å². The lowest BCUT2D eigenvalue weighted by atomic mass is 10.4. The molecule has 0 saturated heterocycles. The third-order valence-electron chi connectivity index (χ3n) is 0.559. The molecule has 0 radical (unpaired) electrons. The first-order valence-electron chi connectivity index (χ1n) is 2.09. The predicted molar refractivity (Wildman–Crippen MR) is 41.7 cm³/mol. The molecule has 4 heteroatoms. The van der Waals surface area contributed by atoms with Gasteiger partial charge in [-0.2, -0.15) is 0 Å². The molecule has 1 atom stereocenters.